The maximum atomic E-state index is 10.7. The van der Waals surface area contributed by atoms with Gasteiger partial charge in [-0.25, -0.2) is 4.79 Å². The van der Waals surface area contributed by atoms with Crippen molar-refractivity contribution in [2.45, 2.75) is 13.5 Å². The van der Waals surface area contributed by atoms with Crippen LogP contribution in [-0.4, -0.2) is 26.1 Å². The topological polar surface area (TPSA) is 68.0 Å². The molecule has 1 aromatic heterocycles. The minimum Gasteiger partial charge on any atom is -0.478 e. The molecule has 0 aliphatic carbocycles. The summed E-state index contributed by atoms with van der Waals surface area (Å²) in [5.74, 6) is -0.946. The molecule has 0 spiro atoms. The number of hydrogen-bond donors (Lipinski definition) is 1. The number of hydrogen-bond acceptors (Lipinski definition) is 3. The molecule has 0 atom stereocenters. The summed E-state index contributed by atoms with van der Waals surface area (Å²) in [6.07, 6.45) is 0. The van der Waals surface area contributed by atoms with Gasteiger partial charge in [0.25, 0.3) is 0 Å². The fourth-order valence-electron chi connectivity index (χ4n) is 1.23. The largest absolute Gasteiger partial charge is 0.478 e. The van der Waals surface area contributed by atoms with Gasteiger partial charge in [-0.3, -0.25) is 0 Å². The summed E-state index contributed by atoms with van der Waals surface area (Å²) in [5.41, 5.74) is 1.57. The van der Waals surface area contributed by atoms with Gasteiger partial charge in [0.1, 0.15) is 11.0 Å². The molecule has 0 amide bonds. The highest BCUT2D eigenvalue weighted by molar-refractivity contribution is 5.91. The Balaban J connectivity index is 2.59. The highest BCUT2D eigenvalue weighted by Crippen LogP contribution is 2.11. The van der Waals surface area contributed by atoms with E-state index in [1.807, 2.05) is 6.92 Å². The van der Waals surface area contributed by atoms with E-state index in [1.165, 1.54) is 16.9 Å². The van der Waals surface area contributed by atoms with Crippen molar-refractivity contribution in [2.75, 3.05) is 0 Å². The van der Waals surface area contributed by atoms with E-state index in [4.69, 9.17) is 5.11 Å². The standard InChI is InChI=1S/C9H9N3O2/c1-2-12-10-7-4-3-6(9(13)14)5-8(7)11-12/h3-5H,2H2,1H3,(H,13,14). The van der Waals surface area contributed by atoms with Gasteiger partial charge in [-0.15, -0.1) is 0 Å². The van der Waals surface area contributed by atoms with Gasteiger partial charge in [0, 0.05) is 0 Å². The Hall–Kier alpha value is -1.91. The maximum absolute atomic E-state index is 10.7. The molecular formula is C9H9N3O2. The molecule has 72 valence electrons. The summed E-state index contributed by atoms with van der Waals surface area (Å²) >= 11 is 0. The second-order valence-corrected chi connectivity index (χ2v) is 2.90. The third-order valence-electron chi connectivity index (χ3n) is 1.95. The minimum atomic E-state index is -0.946. The van der Waals surface area contributed by atoms with E-state index in [-0.39, 0.29) is 5.56 Å². The first kappa shape index (κ1) is 8.68. The molecule has 0 fully saturated rings. The maximum Gasteiger partial charge on any atom is 0.335 e. The summed E-state index contributed by atoms with van der Waals surface area (Å²) < 4.78 is 0. The van der Waals surface area contributed by atoms with Gasteiger partial charge in [0.05, 0.1) is 12.1 Å². The molecule has 0 aliphatic heterocycles. The van der Waals surface area contributed by atoms with Crippen molar-refractivity contribution in [3.8, 4) is 0 Å². The molecule has 0 saturated carbocycles. The lowest BCUT2D eigenvalue weighted by atomic mass is 10.2. The zero-order valence-corrected chi connectivity index (χ0v) is 7.64. The third kappa shape index (κ3) is 1.32. The van der Waals surface area contributed by atoms with Gasteiger partial charge in [-0.2, -0.15) is 15.0 Å². The third-order valence-corrected chi connectivity index (χ3v) is 1.95. The number of benzene rings is 1. The van der Waals surface area contributed by atoms with Gasteiger partial charge < -0.3 is 5.11 Å². The van der Waals surface area contributed by atoms with E-state index in [1.54, 1.807) is 6.07 Å². The number of carboxylic acid groups (broad SMARTS) is 1. The molecule has 1 N–H and O–H groups in total. The lowest BCUT2D eigenvalue weighted by molar-refractivity contribution is 0.0697. The molecule has 2 aromatic rings. The fraction of sp³-hybridized carbons (Fsp3) is 0.222. The zero-order chi connectivity index (χ0) is 10.1. The predicted octanol–water partition coefficient (Wildman–Crippen LogP) is 1.15. The number of aromatic nitrogens is 3. The van der Waals surface area contributed by atoms with Crippen LogP contribution >= 0.6 is 0 Å². The van der Waals surface area contributed by atoms with Crippen molar-refractivity contribution in [3.05, 3.63) is 23.8 Å². The SMILES string of the molecule is CCn1nc2ccc(C(=O)O)cc2n1. The first-order valence-electron chi connectivity index (χ1n) is 4.29. The molecule has 5 heteroatoms. The van der Waals surface area contributed by atoms with Crippen LogP contribution in [0.1, 0.15) is 17.3 Å². The van der Waals surface area contributed by atoms with E-state index >= 15 is 0 Å². The molecule has 5 nitrogen and oxygen atoms in total. The summed E-state index contributed by atoms with van der Waals surface area (Å²) in [6, 6.07) is 4.72. The minimum absolute atomic E-state index is 0.237. The predicted molar refractivity (Wildman–Crippen MR) is 50.2 cm³/mol. The van der Waals surface area contributed by atoms with Gasteiger partial charge in [-0.1, -0.05) is 0 Å². The van der Waals surface area contributed by atoms with Crippen LogP contribution in [0, 0.1) is 0 Å². The Labute approximate surface area is 80.0 Å². The van der Waals surface area contributed by atoms with Gasteiger partial charge in [0.15, 0.2) is 0 Å². The van der Waals surface area contributed by atoms with E-state index < -0.39 is 5.97 Å². The summed E-state index contributed by atoms with van der Waals surface area (Å²) in [4.78, 5) is 12.2. The Morgan fingerprint density at radius 1 is 1.43 bits per heavy atom. The number of carbonyl (C=O) groups is 1. The molecule has 0 radical (unpaired) electrons. The van der Waals surface area contributed by atoms with Crippen LogP contribution in [0.5, 0.6) is 0 Å². The Morgan fingerprint density at radius 2 is 2.14 bits per heavy atom. The highest BCUT2D eigenvalue weighted by atomic mass is 16.4. The molecule has 0 unspecified atom stereocenters. The molecule has 1 aromatic carbocycles. The number of rotatable bonds is 2. The van der Waals surface area contributed by atoms with Crippen molar-refractivity contribution in [1.82, 2.24) is 15.0 Å². The zero-order valence-electron chi connectivity index (χ0n) is 7.64. The van der Waals surface area contributed by atoms with Crippen LogP contribution in [0.25, 0.3) is 11.0 Å². The van der Waals surface area contributed by atoms with Crippen LogP contribution in [0.2, 0.25) is 0 Å². The molecular weight excluding hydrogens is 182 g/mol. The highest BCUT2D eigenvalue weighted by Gasteiger charge is 2.06. The number of carboxylic acids is 1. The molecule has 0 saturated heterocycles. The summed E-state index contributed by atoms with van der Waals surface area (Å²) in [7, 11) is 0. The van der Waals surface area contributed by atoms with E-state index in [0.29, 0.717) is 12.1 Å². The van der Waals surface area contributed by atoms with Crippen LogP contribution in [0.15, 0.2) is 18.2 Å². The summed E-state index contributed by atoms with van der Waals surface area (Å²) in [6.45, 7) is 2.61. The molecule has 2 rings (SSSR count). The average Bonchev–Trinajstić information content (AvgIpc) is 2.58. The Bertz CT molecular complexity index is 490. The van der Waals surface area contributed by atoms with Crippen molar-refractivity contribution < 1.29 is 9.90 Å². The Morgan fingerprint density at radius 3 is 2.79 bits per heavy atom. The second-order valence-electron chi connectivity index (χ2n) is 2.90. The summed E-state index contributed by atoms with van der Waals surface area (Å²) in [5, 5.41) is 17.0. The number of aryl methyl sites for hydroxylation is 1. The smallest absolute Gasteiger partial charge is 0.335 e. The molecule has 0 aliphatic rings. The van der Waals surface area contributed by atoms with Gasteiger partial charge >= 0.3 is 5.97 Å². The lowest BCUT2D eigenvalue weighted by Crippen LogP contribution is -1.97. The normalized spacial score (nSPS) is 10.6. The van der Waals surface area contributed by atoms with Crippen LogP contribution in [0.3, 0.4) is 0 Å². The van der Waals surface area contributed by atoms with Crippen molar-refractivity contribution in [3.63, 3.8) is 0 Å². The van der Waals surface area contributed by atoms with Crippen LogP contribution in [-0.2, 0) is 6.54 Å². The Kier molecular flexibility index (Phi) is 1.92. The first-order chi connectivity index (χ1) is 6.70. The quantitative estimate of drug-likeness (QED) is 0.773. The first-order valence-corrected chi connectivity index (χ1v) is 4.29. The monoisotopic (exact) mass is 191 g/mol. The number of nitrogens with zero attached hydrogens (tertiary/aromatic N) is 3. The van der Waals surface area contributed by atoms with Gasteiger partial charge in [-0.05, 0) is 25.1 Å². The van der Waals surface area contributed by atoms with Crippen LogP contribution < -0.4 is 0 Å². The number of aromatic carboxylic acids is 1. The fourth-order valence-corrected chi connectivity index (χ4v) is 1.23. The lowest BCUT2D eigenvalue weighted by Gasteiger charge is -1.90. The average molecular weight is 191 g/mol. The van der Waals surface area contributed by atoms with Crippen molar-refractivity contribution in [1.29, 1.82) is 0 Å². The van der Waals surface area contributed by atoms with Crippen molar-refractivity contribution >= 4 is 17.0 Å². The molecule has 14 heavy (non-hydrogen) atoms. The second kappa shape index (κ2) is 3.10. The van der Waals surface area contributed by atoms with Crippen LogP contribution in [0.4, 0.5) is 0 Å². The molecule has 1 heterocycles. The van der Waals surface area contributed by atoms with Crippen molar-refractivity contribution in [2.24, 2.45) is 0 Å². The van der Waals surface area contributed by atoms with E-state index in [0.717, 1.165) is 5.52 Å². The van der Waals surface area contributed by atoms with E-state index in [2.05, 4.69) is 10.2 Å². The molecule has 0 bridgehead atoms. The number of fused-ring (bicyclic) bond motifs is 1. The van der Waals surface area contributed by atoms with Gasteiger partial charge in [0.2, 0.25) is 0 Å². The van der Waals surface area contributed by atoms with E-state index in [9.17, 15) is 4.79 Å².